The van der Waals surface area contributed by atoms with Gasteiger partial charge >= 0.3 is 0 Å². The molecule has 0 aliphatic heterocycles. The van der Waals surface area contributed by atoms with Gasteiger partial charge in [0.05, 0.1) is 0 Å². The van der Waals surface area contributed by atoms with Crippen LogP contribution >= 0.6 is 0 Å². The molecule has 0 saturated carbocycles. The maximum absolute atomic E-state index is 5.72. The fourth-order valence-corrected chi connectivity index (χ4v) is 7.57. The number of hydrogen-bond acceptors (Lipinski definition) is 3. The largest absolute Gasteiger partial charge is 0.417 e. The van der Waals surface area contributed by atoms with E-state index in [1.54, 1.807) is 21.3 Å². The van der Waals surface area contributed by atoms with Crippen LogP contribution in [0.1, 0.15) is 0 Å². The summed E-state index contributed by atoms with van der Waals surface area (Å²) in [6.07, 6.45) is 0. The summed E-state index contributed by atoms with van der Waals surface area (Å²) < 4.78 is 16.8. The Bertz CT molecular complexity index is 286. The second-order valence-corrected chi connectivity index (χ2v) is 17.0. The highest BCUT2D eigenvalue weighted by Gasteiger charge is 2.26. The zero-order valence-corrected chi connectivity index (χ0v) is 16.0. The van der Waals surface area contributed by atoms with Crippen LogP contribution in [0.5, 0.6) is 0 Å². The van der Waals surface area contributed by atoms with E-state index >= 15 is 0 Å². The van der Waals surface area contributed by atoms with E-state index in [0.717, 1.165) is 0 Å². The predicted octanol–water partition coefficient (Wildman–Crippen LogP) is 3.18. The van der Waals surface area contributed by atoms with Crippen molar-refractivity contribution in [3.05, 3.63) is 22.8 Å². The average Bonchev–Trinajstić information content (AvgIpc) is 2.34. The highest BCUT2D eigenvalue weighted by Crippen LogP contribution is 2.14. The minimum atomic E-state index is -1.93. The third-order valence-electron chi connectivity index (χ3n) is 3.12. The molecule has 0 aromatic rings. The van der Waals surface area contributed by atoms with Crippen LogP contribution < -0.4 is 0 Å². The molecule has 0 heterocycles. The predicted molar refractivity (Wildman–Crippen MR) is 85.9 cm³/mol. The summed E-state index contributed by atoms with van der Waals surface area (Å²) in [5, 5.41) is 0. The lowest BCUT2D eigenvalue weighted by molar-refractivity contribution is 0.412. The quantitative estimate of drug-likeness (QED) is 0.676. The third kappa shape index (κ3) is 6.81. The monoisotopic (exact) mass is 304 g/mol. The molecule has 3 nitrogen and oxygen atoms in total. The van der Waals surface area contributed by atoms with Crippen molar-refractivity contribution in [3.63, 3.8) is 0 Å². The first kappa shape index (κ1) is 18.0. The Labute approximate surface area is 115 Å². The lowest BCUT2D eigenvalue weighted by Crippen LogP contribution is -2.34. The van der Waals surface area contributed by atoms with Gasteiger partial charge in [-0.1, -0.05) is 22.8 Å². The topological polar surface area (TPSA) is 27.7 Å². The smallest absolute Gasteiger partial charge is 0.236 e. The van der Waals surface area contributed by atoms with Crippen molar-refractivity contribution in [1.29, 1.82) is 0 Å². The highest BCUT2D eigenvalue weighted by atomic mass is 28.4. The van der Waals surface area contributed by atoms with Gasteiger partial charge in [0, 0.05) is 21.3 Å². The molecule has 0 rings (SSSR count). The van der Waals surface area contributed by atoms with Gasteiger partial charge in [-0.3, -0.25) is 0 Å². The Kier molecular flexibility index (Phi) is 6.98. The molecular weight excluding hydrogens is 276 g/mol. The van der Waals surface area contributed by atoms with E-state index in [0.29, 0.717) is 0 Å². The van der Waals surface area contributed by atoms with Crippen LogP contribution in [0, 0.1) is 0 Å². The van der Waals surface area contributed by atoms with E-state index in [1.165, 1.54) is 0 Å². The van der Waals surface area contributed by atoms with Crippen molar-refractivity contribution in [2.45, 2.75) is 32.7 Å². The second kappa shape index (κ2) is 6.97. The van der Waals surface area contributed by atoms with Crippen molar-refractivity contribution >= 4 is 25.0 Å². The molecule has 0 amide bonds. The van der Waals surface area contributed by atoms with E-state index in [2.05, 4.69) is 55.5 Å². The molecule has 0 aliphatic carbocycles. The lowest BCUT2D eigenvalue weighted by atomic mass is 11.2. The molecule has 0 saturated heterocycles. The second-order valence-electron chi connectivity index (χ2n) is 5.67. The van der Waals surface area contributed by atoms with Crippen molar-refractivity contribution in [2.75, 3.05) is 21.3 Å². The summed E-state index contributed by atoms with van der Waals surface area (Å²) in [4.78, 5) is 0. The van der Waals surface area contributed by atoms with Crippen molar-refractivity contribution in [1.82, 2.24) is 0 Å². The highest BCUT2D eigenvalue weighted by molar-refractivity contribution is 6.87. The maximum atomic E-state index is 5.72. The Hall–Kier alpha value is 0.0106. The molecule has 0 aromatic heterocycles. The van der Waals surface area contributed by atoms with E-state index in [4.69, 9.17) is 13.3 Å². The fourth-order valence-electron chi connectivity index (χ4n) is 1.06. The molecular formula is C12H28O3Si3. The van der Waals surface area contributed by atoms with Crippen LogP contribution in [0.3, 0.4) is 0 Å². The average molecular weight is 305 g/mol. The number of hydrogen-bond donors (Lipinski definition) is 0. The molecule has 0 N–H and O–H groups in total. The van der Waals surface area contributed by atoms with Crippen molar-refractivity contribution in [3.8, 4) is 0 Å². The van der Waals surface area contributed by atoms with Gasteiger partial charge in [-0.2, -0.15) is 0 Å². The van der Waals surface area contributed by atoms with Crippen LogP contribution in [-0.4, -0.2) is 46.3 Å². The Morgan fingerprint density at radius 2 is 0.889 bits per heavy atom. The lowest BCUT2D eigenvalue weighted by Gasteiger charge is -2.22. The molecule has 0 fully saturated rings. The molecule has 0 atom stereocenters. The zero-order valence-electron chi connectivity index (χ0n) is 13.0. The summed E-state index contributed by atoms with van der Waals surface area (Å²) >= 11 is 0. The first-order chi connectivity index (χ1) is 8.10. The van der Waals surface area contributed by atoms with E-state index in [-0.39, 0.29) is 0 Å². The van der Waals surface area contributed by atoms with Crippen LogP contribution in [0.2, 0.25) is 32.7 Å². The summed E-state index contributed by atoms with van der Waals surface area (Å²) in [6.45, 7) is 10.9. The van der Waals surface area contributed by atoms with Crippen LogP contribution in [-0.2, 0) is 13.3 Å². The summed E-state index contributed by atoms with van der Waals surface area (Å²) in [5.74, 6) is 0. The molecule has 0 aromatic carbocycles. The van der Waals surface area contributed by atoms with Crippen molar-refractivity contribution < 1.29 is 13.3 Å². The maximum Gasteiger partial charge on any atom is 0.236 e. The minimum absolute atomic E-state index is 1.67. The molecule has 6 heteroatoms. The SMILES string of the molecule is CO[Si](C)(C)/C=C/[Si](C)(/C=C/[Si](C)(C)OC)OC. The van der Waals surface area contributed by atoms with Gasteiger partial charge in [-0.05, 0) is 32.7 Å². The first-order valence-electron chi connectivity index (χ1n) is 6.16. The van der Waals surface area contributed by atoms with Crippen LogP contribution in [0.15, 0.2) is 22.8 Å². The van der Waals surface area contributed by atoms with Gasteiger partial charge in [0.25, 0.3) is 0 Å². The first-order valence-corrected chi connectivity index (χ1v) is 14.7. The molecule has 0 spiro atoms. The summed E-state index contributed by atoms with van der Waals surface area (Å²) in [6, 6.07) is 0. The molecule has 0 unspecified atom stereocenters. The Morgan fingerprint density at radius 1 is 0.556 bits per heavy atom. The molecule has 0 aliphatic rings. The third-order valence-corrected chi connectivity index (χ3v) is 10.4. The number of rotatable bonds is 7. The Morgan fingerprint density at radius 3 is 1.11 bits per heavy atom. The normalized spacial score (nSPS) is 14.9. The van der Waals surface area contributed by atoms with E-state index in [9.17, 15) is 0 Å². The minimum Gasteiger partial charge on any atom is -0.417 e. The van der Waals surface area contributed by atoms with Crippen molar-refractivity contribution in [2.24, 2.45) is 0 Å². The standard InChI is InChI=1S/C12H28O3Si3/c1-13-16(4,5)9-11-18(8,15-3)12-10-17(6,7)14-2/h9-12H,1-8H3/b11-9+,12-10+. The van der Waals surface area contributed by atoms with Gasteiger partial charge in [-0.25, -0.2) is 0 Å². The van der Waals surface area contributed by atoms with Gasteiger partial charge in [0.15, 0.2) is 0 Å². The van der Waals surface area contributed by atoms with Crippen LogP contribution in [0.25, 0.3) is 0 Å². The molecule has 18 heavy (non-hydrogen) atoms. The fraction of sp³-hybridized carbons (Fsp3) is 0.667. The van der Waals surface area contributed by atoms with Gasteiger partial charge in [-0.15, -0.1) is 0 Å². The Balaban J connectivity index is 4.94. The summed E-state index contributed by atoms with van der Waals surface area (Å²) in [7, 11) is 0.0755. The molecule has 0 bridgehead atoms. The van der Waals surface area contributed by atoms with Gasteiger partial charge in [0.1, 0.15) is 0 Å². The van der Waals surface area contributed by atoms with E-state index in [1.807, 2.05) is 0 Å². The van der Waals surface area contributed by atoms with E-state index < -0.39 is 25.0 Å². The molecule has 106 valence electrons. The summed E-state index contributed by atoms with van der Waals surface area (Å²) in [5.41, 5.74) is 8.88. The van der Waals surface area contributed by atoms with Gasteiger partial charge in [0.2, 0.25) is 25.0 Å². The van der Waals surface area contributed by atoms with Gasteiger partial charge < -0.3 is 13.3 Å². The molecule has 0 radical (unpaired) electrons. The zero-order chi connectivity index (χ0) is 14.4. The van der Waals surface area contributed by atoms with Crippen LogP contribution in [0.4, 0.5) is 0 Å².